The van der Waals surface area contributed by atoms with E-state index in [2.05, 4.69) is 11.2 Å². The zero-order valence-corrected chi connectivity index (χ0v) is 6.32. The Hall–Kier alpha value is -0.830. The van der Waals surface area contributed by atoms with Crippen molar-refractivity contribution in [1.29, 1.82) is 0 Å². The normalized spacial score (nSPS) is 17.2. The van der Waals surface area contributed by atoms with Crippen molar-refractivity contribution in [3.63, 3.8) is 0 Å². The van der Waals surface area contributed by atoms with Gasteiger partial charge < -0.3 is 5.11 Å². The van der Waals surface area contributed by atoms with E-state index in [1.54, 1.807) is 4.68 Å². The molecule has 0 spiro atoms. The Morgan fingerprint density at radius 1 is 1.73 bits per heavy atom. The second-order valence-corrected chi connectivity index (χ2v) is 2.92. The minimum atomic E-state index is 0.152. The van der Waals surface area contributed by atoms with Crippen molar-refractivity contribution in [3.8, 4) is 0 Å². The SMILES string of the molecule is OCCn1c[c]c(C2CC2)n1. The number of aliphatic hydroxyl groups is 1. The minimum Gasteiger partial charge on any atom is -0.394 e. The summed E-state index contributed by atoms with van der Waals surface area (Å²) in [4.78, 5) is 0. The van der Waals surface area contributed by atoms with Crippen LogP contribution in [0.4, 0.5) is 0 Å². The van der Waals surface area contributed by atoms with Crippen LogP contribution in [0.15, 0.2) is 6.20 Å². The highest BCUT2D eigenvalue weighted by Crippen LogP contribution is 2.38. The summed E-state index contributed by atoms with van der Waals surface area (Å²) in [5.74, 6) is 0.662. The van der Waals surface area contributed by atoms with Crippen molar-refractivity contribution in [1.82, 2.24) is 9.78 Å². The van der Waals surface area contributed by atoms with Crippen LogP contribution < -0.4 is 0 Å². The van der Waals surface area contributed by atoms with E-state index >= 15 is 0 Å². The molecule has 1 aromatic heterocycles. The lowest BCUT2D eigenvalue weighted by molar-refractivity contribution is 0.269. The number of hydrogen-bond acceptors (Lipinski definition) is 2. The summed E-state index contributed by atoms with van der Waals surface area (Å²) in [5, 5.41) is 12.9. The molecule has 1 heterocycles. The maximum absolute atomic E-state index is 8.61. The van der Waals surface area contributed by atoms with Gasteiger partial charge >= 0.3 is 0 Å². The Kier molecular flexibility index (Phi) is 1.66. The summed E-state index contributed by atoms with van der Waals surface area (Å²) in [5.41, 5.74) is 1.07. The van der Waals surface area contributed by atoms with Crippen LogP contribution in [0.3, 0.4) is 0 Å². The lowest BCUT2D eigenvalue weighted by atomic mass is 10.3. The molecule has 0 saturated heterocycles. The third-order valence-electron chi connectivity index (χ3n) is 1.89. The highest BCUT2D eigenvalue weighted by molar-refractivity contribution is 5.10. The molecule has 1 aliphatic rings. The molecule has 1 fully saturated rings. The molecule has 0 aliphatic heterocycles. The van der Waals surface area contributed by atoms with Crippen LogP contribution in [-0.4, -0.2) is 21.5 Å². The fraction of sp³-hybridized carbons (Fsp3) is 0.625. The molecule has 0 unspecified atom stereocenters. The zero-order chi connectivity index (χ0) is 7.68. The molecule has 1 N–H and O–H groups in total. The minimum absolute atomic E-state index is 0.152. The maximum Gasteiger partial charge on any atom is 0.0735 e. The van der Waals surface area contributed by atoms with E-state index in [9.17, 15) is 0 Å². The summed E-state index contributed by atoms with van der Waals surface area (Å²) in [6.07, 6.45) is 4.32. The van der Waals surface area contributed by atoms with Gasteiger partial charge in [0.1, 0.15) is 0 Å². The Labute approximate surface area is 65.7 Å². The molecule has 0 bridgehead atoms. The monoisotopic (exact) mass is 151 g/mol. The van der Waals surface area contributed by atoms with Gasteiger partial charge in [-0.15, -0.1) is 0 Å². The molecule has 0 atom stereocenters. The van der Waals surface area contributed by atoms with Gasteiger partial charge in [0.2, 0.25) is 0 Å². The van der Waals surface area contributed by atoms with Crippen molar-refractivity contribution in [2.24, 2.45) is 0 Å². The van der Waals surface area contributed by atoms with E-state index < -0.39 is 0 Å². The van der Waals surface area contributed by atoms with E-state index in [4.69, 9.17) is 5.11 Å². The van der Waals surface area contributed by atoms with E-state index in [1.807, 2.05) is 6.20 Å². The van der Waals surface area contributed by atoms with Gasteiger partial charge in [-0.05, 0) is 12.8 Å². The summed E-state index contributed by atoms with van der Waals surface area (Å²) in [7, 11) is 0. The highest BCUT2D eigenvalue weighted by atomic mass is 16.3. The molecular formula is C8H11N2O. The van der Waals surface area contributed by atoms with Crippen LogP contribution >= 0.6 is 0 Å². The molecule has 0 aromatic carbocycles. The summed E-state index contributed by atoms with van der Waals surface area (Å²) in [6.45, 7) is 0.739. The number of aliphatic hydroxyl groups excluding tert-OH is 1. The summed E-state index contributed by atoms with van der Waals surface area (Å²) < 4.78 is 1.74. The highest BCUT2D eigenvalue weighted by Gasteiger charge is 2.25. The van der Waals surface area contributed by atoms with E-state index in [0.717, 1.165) is 5.69 Å². The second-order valence-electron chi connectivity index (χ2n) is 2.92. The zero-order valence-electron chi connectivity index (χ0n) is 6.32. The van der Waals surface area contributed by atoms with E-state index in [-0.39, 0.29) is 6.61 Å². The number of nitrogens with zero attached hydrogens (tertiary/aromatic N) is 2. The van der Waals surface area contributed by atoms with Gasteiger partial charge in [-0.1, -0.05) is 0 Å². The van der Waals surface area contributed by atoms with Gasteiger partial charge in [0, 0.05) is 18.2 Å². The van der Waals surface area contributed by atoms with Gasteiger partial charge in [0.15, 0.2) is 0 Å². The average molecular weight is 151 g/mol. The Balaban J connectivity index is 2.06. The fourth-order valence-corrected chi connectivity index (χ4v) is 1.11. The van der Waals surface area contributed by atoms with E-state index in [0.29, 0.717) is 12.5 Å². The first-order valence-electron chi connectivity index (χ1n) is 3.96. The van der Waals surface area contributed by atoms with Crippen LogP contribution in [-0.2, 0) is 6.54 Å². The third-order valence-corrected chi connectivity index (χ3v) is 1.89. The third kappa shape index (κ3) is 1.43. The largest absolute Gasteiger partial charge is 0.394 e. The molecule has 1 radical (unpaired) electrons. The first kappa shape index (κ1) is 6.85. The van der Waals surface area contributed by atoms with Crippen molar-refractivity contribution in [2.45, 2.75) is 25.3 Å². The lowest BCUT2D eigenvalue weighted by Crippen LogP contribution is -2.02. The van der Waals surface area contributed by atoms with Crippen LogP contribution in [0.25, 0.3) is 0 Å². The molecule has 1 aliphatic carbocycles. The van der Waals surface area contributed by atoms with Gasteiger partial charge in [-0.25, -0.2) is 0 Å². The quantitative estimate of drug-likeness (QED) is 0.685. The van der Waals surface area contributed by atoms with Crippen LogP contribution in [0.1, 0.15) is 24.5 Å². The van der Waals surface area contributed by atoms with Crippen molar-refractivity contribution >= 4 is 0 Å². The summed E-state index contributed by atoms with van der Waals surface area (Å²) >= 11 is 0. The molecule has 2 rings (SSSR count). The standard InChI is InChI=1S/C8H11N2O/c11-6-5-10-4-3-8(9-10)7-1-2-7/h4,7,11H,1-2,5-6H2. The predicted octanol–water partition coefficient (Wildman–Crippen LogP) is 0.553. The summed E-state index contributed by atoms with van der Waals surface area (Å²) in [6, 6.07) is 3.09. The number of aromatic nitrogens is 2. The van der Waals surface area contributed by atoms with Crippen LogP contribution in [0.2, 0.25) is 0 Å². The Morgan fingerprint density at radius 2 is 2.55 bits per heavy atom. The Morgan fingerprint density at radius 3 is 3.18 bits per heavy atom. The van der Waals surface area contributed by atoms with Gasteiger partial charge in [0.25, 0.3) is 0 Å². The first-order valence-corrected chi connectivity index (χ1v) is 3.96. The molecule has 1 aromatic rings. The topological polar surface area (TPSA) is 38.0 Å². The van der Waals surface area contributed by atoms with Gasteiger partial charge in [-0.3, -0.25) is 4.68 Å². The van der Waals surface area contributed by atoms with Crippen LogP contribution in [0.5, 0.6) is 0 Å². The second kappa shape index (κ2) is 2.66. The molecular weight excluding hydrogens is 140 g/mol. The molecule has 11 heavy (non-hydrogen) atoms. The Bertz CT molecular complexity index is 240. The fourth-order valence-electron chi connectivity index (χ4n) is 1.11. The van der Waals surface area contributed by atoms with E-state index in [1.165, 1.54) is 12.8 Å². The molecule has 59 valence electrons. The molecule has 0 amide bonds. The molecule has 3 heteroatoms. The molecule has 3 nitrogen and oxygen atoms in total. The van der Waals surface area contributed by atoms with Crippen molar-refractivity contribution in [3.05, 3.63) is 18.0 Å². The first-order chi connectivity index (χ1) is 5.40. The maximum atomic E-state index is 8.61. The lowest BCUT2D eigenvalue weighted by Gasteiger charge is -1.94. The van der Waals surface area contributed by atoms with Crippen LogP contribution in [0, 0.1) is 6.07 Å². The number of hydrogen-bond donors (Lipinski definition) is 1. The van der Waals surface area contributed by atoms with Crippen molar-refractivity contribution < 1.29 is 5.11 Å². The average Bonchev–Trinajstić information content (AvgIpc) is 2.75. The predicted molar refractivity (Wildman–Crippen MR) is 40.1 cm³/mol. The molecule has 1 saturated carbocycles. The van der Waals surface area contributed by atoms with Crippen molar-refractivity contribution in [2.75, 3.05) is 6.61 Å². The smallest absolute Gasteiger partial charge is 0.0735 e. The van der Waals surface area contributed by atoms with Gasteiger partial charge in [0.05, 0.1) is 18.8 Å². The van der Waals surface area contributed by atoms with Gasteiger partial charge in [-0.2, -0.15) is 5.10 Å². The number of rotatable bonds is 3.